The standard InChI is InChI=1S/C13H22O3/c1-13(2,3)16-11(10-6-4-7-10)8-5-9-12(14)15/h4-9H2,1-3H3,(H,14,15). The van der Waals surface area contributed by atoms with Gasteiger partial charge in [0.05, 0.1) is 5.76 Å². The van der Waals surface area contributed by atoms with Crippen molar-refractivity contribution >= 4 is 5.97 Å². The van der Waals surface area contributed by atoms with E-state index >= 15 is 0 Å². The molecule has 0 aromatic heterocycles. The third-order valence-corrected chi connectivity index (χ3v) is 2.58. The fourth-order valence-electron chi connectivity index (χ4n) is 1.70. The van der Waals surface area contributed by atoms with Crippen LogP contribution < -0.4 is 0 Å². The Labute approximate surface area is 97.5 Å². The molecule has 3 heteroatoms. The minimum absolute atomic E-state index is 0.179. The maximum atomic E-state index is 10.5. The lowest BCUT2D eigenvalue weighted by molar-refractivity contribution is -0.137. The molecule has 1 rings (SSSR count). The van der Waals surface area contributed by atoms with Gasteiger partial charge in [-0.15, -0.1) is 0 Å². The molecule has 1 aliphatic rings. The third kappa shape index (κ3) is 4.69. The second-order valence-corrected chi connectivity index (χ2v) is 5.34. The summed E-state index contributed by atoms with van der Waals surface area (Å²) in [5.41, 5.74) is 1.21. The SMILES string of the molecule is CC(C)(C)OC(CCCC(=O)O)=C1CCC1. The van der Waals surface area contributed by atoms with E-state index in [0.29, 0.717) is 6.42 Å². The molecule has 92 valence electrons. The Morgan fingerprint density at radius 1 is 1.31 bits per heavy atom. The van der Waals surface area contributed by atoms with E-state index in [1.807, 2.05) is 20.8 Å². The van der Waals surface area contributed by atoms with Gasteiger partial charge in [-0.25, -0.2) is 0 Å². The van der Waals surface area contributed by atoms with Crippen molar-refractivity contribution in [2.75, 3.05) is 0 Å². The summed E-state index contributed by atoms with van der Waals surface area (Å²) in [5.74, 6) is 0.314. The molecule has 16 heavy (non-hydrogen) atoms. The maximum Gasteiger partial charge on any atom is 0.303 e. The van der Waals surface area contributed by atoms with Gasteiger partial charge in [0.1, 0.15) is 5.60 Å². The van der Waals surface area contributed by atoms with E-state index in [9.17, 15) is 4.79 Å². The number of aliphatic carboxylic acids is 1. The summed E-state index contributed by atoms with van der Waals surface area (Å²) in [6.45, 7) is 6.09. The van der Waals surface area contributed by atoms with Crippen LogP contribution in [-0.4, -0.2) is 16.7 Å². The van der Waals surface area contributed by atoms with Crippen molar-refractivity contribution in [2.45, 2.75) is 64.9 Å². The number of carboxylic acids is 1. The van der Waals surface area contributed by atoms with Gasteiger partial charge < -0.3 is 9.84 Å². The van der Waals surface area contributed by atoms with Gasteiger partial charge >= 0.3 is 5.97 Å². The Morgan fingerprint density at radius 2 is 1.94 bits per heavy atom. The molecule has 0 unspecified atom stereocenters. The molecule has 0 aliphatic heterocycles. The zero-order valence-corrected chi connectivity index (χ0v) is 10.5. The Hall–Kier alpha value is -0.990. The van der Waals surface area contributed by atoms with E-state index in [4.69, 9.17) is 9.84 Å². The molecule has 1 fully saturated rings. The Balaban J connectivity index is 2.49. The summed E-state index contributed by atoms with van der Waals surface area (Å²) < 4.78 is 5.91. The number of carbonyl (C=O) groups is 1. The molecule has 3 nitrogen and oxygen atoms in total. The summed E-state index contributed by atoms with van der Waals surface area (Å²) in [4.78, 5) is 10.5. The summed E-state index contributed by atoms with van der Waals surface area (Å²) in [6, 6.07) is 0. The summed E-state index contributed by atoms with van der Waals surface area (Å²) in [5, 5.41) is 8.61. The molecule has 0 spiro atoms. The van der Waals surface area contributed by atoms with Crippen molar-refractivity contribution in [3.63, 3.8) is 0 Å². The molecule has 1 saturated carbocycles. The number of hydrogen-bond donors (Lipinski definition) is 1. The van der Waals surface area contributed by atoms with Gasteiger partial charge in [0.25, 0.3) is 0 Å². The molecule has 0 aromatic carbocycles. The van der Waals surface area contributed by atoms with Gasteiger partial charge in [-0.1, -0.05) is 0 Å². The molecule has 1 aliphatic carbocycles. The molecule has 1 N–H and O–H groups in total. The van der Waals surface area contributed by atoms with Gasteiger partial charge in [0.15, 0.2) is 0 Å². The van der Waals surface area contributed by atoms with Crippen molar-refractivity contribution in [2.24, 2.45) is 0 Å². The smallest absolute Gasteiger partial charge is 0.303 e. The normalized spacial score (nSPS) is 15.6. The number of rotatable bonds is 5. The van der Waals surface area contributed by atoms with Gasteiger partial charge in [0, 0.05) is 12.8 Å². The summed E-state index contributed by atoms with van der Waals surface area (Å²) in [6.07, 6.45) is 5.15. The van der Waals surface area contributed by atoms with E-state index in [0.717, 1.165) is 25.0 Å². The lowest BCUT2D eigenvalue weighted by Crippen LogP contribution is -2.21. The Morgan fingerprint density at radius 3 is 2.31 bits per heavy atom. The van der Waals surface area contributed by atoms with E-state index in [-0.39, 0.29) is 12.0 Å². The average Bonchev–Trinajstić information content (AvgIpc) is 1.96. The predicted molar refractivity (Wildman–Crippen MR) is 63.2 cm³/mol. The van der Waals surface area contributed by atoms with Crippen molar-refractivity contribution < 1.29 is 14.6 Å². The second-order valence-electron chi connectivity index (χ2n) is 5.34. The van der Waals surface area contributed by atoms with Crippen molar-refractivity contribution in [1.82, 2.24) is 0 Å². The van der Waals surface area contributed by atoms with Crippen LogP contribution in [0.4, 0.5) is 0 Å². The Bertz CT molecular complexity index is 278. The molecular weight excluding hydrogens is 204 g/mol. The predicted octanol–water partition coefficient (Wildman–Crippen LogP) is 3.49. The van der Waals surface area contributed by atoms with Crippen LogP contribution in [0.1, 0.15) is 59.3 Å². The summed E-state index contributed by atoms with van der Waals surface area (Å²) >= 11 is 0. The van der Waals surface area contributed by atoms with Crippen molar-refractivity contribution in [3.05, 3.63) is 11.3 Å². The van der Waals surface area contributed by atoms with Crippen LogP contribution in [-0.2, 0) is 9.53 Å². The molecule has 0 aromatic rings. The number of allylic oxidation sites excluding steroid dienone is 2. The first-order valence-corrected chi connectivity index (χ1v) is 6.00. The number of ether oxygens (including phenoxy) is 1. The molecule has 0 bridgehead atoms. The third-order valence-electron chi connectivity index (χ3n) is 2.58. The van der Waals surface area contributed by atoms with Crippen LogP contribution in [0.3, 0.4) is 0 Å². The first-order chi connectivity index (χ1) is 7.38. The van der Waals surface area contributed by atoms with E-state index in [2.05, 4.69) is 0 Å². The lowest BCUT2D eigenvalue weighted by atomic mass is 9.89. The van der Waals surface area contributed by atoms with Crippen LogP contribution in [0, 0.1) is 0 Å². The van der Waals surface area contributed by atoms with E-state index in [1.54, 1.807) is 0 Å². The minimum atomic E-state index is -0.728. The topological polar surface area (TPSA) is 46.5 Å². The minimum Gasteiger partial charge on any atom is -0.493 e. The van der Waals surface area contributed by atoms with Gasteiger partial charge in [-0.3, -0.25) is 4.79 Å². The fourth-order valence-corrected chi connectivity index (χ4v) is 1.70. The lowest BCUT2D eigenvalue weighted by Gasteiger charge is -2.29. The van der Waals surface area contributed by atoms with Gasteiger partial charge in [-0.05, 0) is 52.0 Å². The largest absolute Gasteiger partial charge is 0.493 e. The van der Waals surface area contributed by atoms with Crippen molar-refractivity contribution in [1.29, 1.82) is 0 Å². The molecule has 0 amide bonds. The van der Waals surface area contributed by atoms with Crippen molar-refractivity contribution in [3.8, 4) is 0 Å². The zero-order chi connectivity index (χ0) is 12.2. The second kappa shape index (κ2) is 5.37. The monoisotopic (exact) mass is 226 g/mol. The van der Waals surface area contributed by atoms with Crippen LogP contribution in [0.5, 0.6) is 0 Å². The zero-order valence-electron chi connectivity index (χ0n) is 10.5. The highest BCUT2D eigenvalue weighted by Crippen LogP contribution is 2.33. The highest BCUT2D eigenvalue weighted by atomic mass is 16.5. The van der Waals surface area contributed by atoms with Crippen LogP contribution in [0.2, 0.25) is 0 Å². The first-order valence-electron chi connectivity index (χ1n) is 6.00. The molecule has 0 radical (unpaired) electrons. The first kappa shape index (κ1) is 13.1. The molecule has 0 heterocycles. The average molecular weight is 226 g/mol. The van der Waals surface area contributed by atoms with Gasteiger partial charge in [0.2, 0.25) is 0 Å². The number of hydrogen-bond acceptors (Lipinski definition) is 2. The van der Waals surface area contributed by atoms with Gasteiger partial charge in [-0.2, -0.15) is 0 Å². The van der Waals surface area contributed by atoms with E-state index < -0.39 is 5.97 Å². The van der Waals surface area contributed by atoms with Crippen LogP contribution in [0.25, 0.3) is 0 Å². The highest BCUT2D eigenvalue weighted by molar-refractivity contribution is 5.66. The summed E-state index contributed by atoms with van der Waals surface area (Å²) in [7, 11) is 0. The molecule has 0 saturated heterocycles. The maximum absolute atomic E-state index is 10.5. The fraction of sp³-hybridized carbons (Fsp3) is 0.769. The van der Waals surface area contributed by atoms with E-state index in [1.165, 1.54) is 12.0 Å². The molecular formula is C13H22O3. The quantitative estimate of drug-likeness (QED) is 0.730. The highest BCUT2D eigenvalue weighted by Gasteiger charge is 2.20. The van der Waals surface area contributed by atoms with Crippen LogP contribution in [0.15, 0.2) is 11.3 Å². The molecule has 0 atom stereocenters. The Kier molecular flexibility index (Phi) is 4.39. The van der Waals surface area contributed by atoms with Crippen LogP contribution >= 0.6 is 0 Å². The number of carboxylic acid groups (broad SMARTS) is 1.